The summed E-state index contributed by atoms with van der Waals surface area (Å²) in [5, 5.41) is 3.43. The van der Waals surface area contributed by atoms with Gasteiger partial charge in [-0.15, -0.1) is 0 Å². The number of rotatable bonds is 0. The van der Waals surface area contributed by atoms with Crippen molar-refractivity contribution in [1.82, 2.24) is 5.32 Å². The molecule has 68 valence electrons. The second-order valence-corrected chi connectivity index (χ2v) is 3.96. The molecule has 0 atom stereocenters. The van der Waals surface area contributed by atoms with E-state index in [9.17, 15) is 0 Å². The minimum absolute atomic E-state index is 0.000972. The highest BCUT2D eigenvalue weighted by atomic mass is 15.0. The summed E-state index contributed by atoms with van der Waals surface area (Å²) in [6, 6.07) is 8.23. The van der Waals surface area contributed by atoms with Gasteiger partial charge >= 0.3 is 0 Å². The summed E-state index contributed by atoms with van der Waals surface area (Å²) in [7, 11) is 0. The molecule has 2 nitrogen and oxygen atoms in total. The Hall–Kier alpha value is -1.15. The fourth-order valence-electron chi connectivity index (χ4n) is 1.39. The van der Waals surface area contributed by atoms with Crippen LogP contribution in [0.4, 0.5) is 5.69 Å². The maximum atomic E-state index is 4.45. The van der Waals surface area contributed by atoms with E-state index < -0.39 is 0 Å². The van der Waals surface area contributed by atoms with Gasteiger partial charge in [-0.25, -0.2) is 0 Å². The maximum absolute atomic E-state index is 4.45. The van der Waals surface area contributed by atoms with Crippen LogP contribution in [0.15, 0.2) is 29.3 Å². The average Bonchev–Trinajstić information content (AvgIpc) is 2.27. The van der Waals surface area contributed by atoms with Crippen LogP contribution in [0.1, 0.15) is 19.4 Å². The van der Waals surface area contributed by atoms with E-state index in [0.717, 1.165) is 12.2 Å². The quantitative estimate of drug-likeness (QED) is 0.641. The molecule has 0 saturated carbocycles. The highest BCUT2D eigenvalue weighted by Gasteiger charge is 2.17. The van der Waals surface area contributed by atoms with Gasteiger partial charge < -0.3 is 5.32 Å². The van der Waals surface area contributed by atoms with Gasteiger partial charge in [0, 0.05) is 18.3 Å². The molecule has 0 amide bonds. The van der Waals surface area contributed by atoms with E-state index in [2.05, 4.69) is 36.3 Å². The van der Waals surface area contributed by atoms with Crippen molar-refractivity contribution in [3.8, 4) is 0 Å². The minimum atomic E-state index is -0.000972. The Balaban J connectivity index is 2.39. The standard InChI is InChI=1S/C11H14N2/c1-11(2)8-12-10-6-4-3-5-9(10)7-13-11/h3-6,8,13H,7H2,1-2H3. The lowest BCUT2D eigenvalue weighted by atomic mass is 10.1. The number of hydrogen-bond donors (Lipinski definition) is 1. The molecule has 0 bridgehead atoms. The number of aliphatic imine (C=N–C) groups is 1. The molecule has 13 heavy (non-hydrogen) atoms. The maximum Gasteiger partial charge on any atom is 0.0671 e. The summed E-state index contributed by atoms with van der Waals surface area (Å²) in [4.78, 5) is 4.45. The molecule has 0 radical (unpaired) electrons. The van der Waals surface area contributed by atoms with E-state index in [0.29, 0.717) is 0 Å². The summed E-state index contributed by atoms with van der Waals surface area (Å²) in [6.07, 6.45) is 1.97. The highest BCUT2D eigenvalue weighted by Crippen LogP contribution is 2.21. The Morgan fingerprint density at radius 2 is 2.08 bits per heavy atom. The first-order chi connectivity index (χ1) is 6.17. The smallest absolute Gasteiger partial charge is 0.0671 e. The zero-order chi connectivity index (χ0) is 9.31. The van der Waals surface area contributed by atoms with Crippen molar-refractivity contribution in [2.75, 3.05) is 0 Å². The van der Waals surface area contributed by atoms with Gasteiger partial charge in [-0.1, -0.05) is 18.2 Å². The molecule has 0 spiro atoms. The third-order valence-electron chi connectivity index (χ3n) is 2.25. The predicted molar refractivity (Wildman–Crippen MR) is 55.5 cm³/mol. The van der Waals surface area contributed by atoms with Crippen LogP contribution in [0.2, 0.25) is 0 Å². The molecule has 2 rings (SSSR count). The first-order valence-corrected chi connectivity index (χ1v) is 4.55. The topological polar surface area (TPSA) is 24.4 Å². The molecule has 0 aromatic heterocycles. The molecule has 2 heteroatoms. The van der Waals surface area contributed by atoms with Crippen LogP contribution >= 0.6 is 0 Å². The van der Waals surface area contributed by atoms with Crippen molar-refractivity contribution in [2.24, 2.45) is 4.99 Å². The Kier molecular flexibility index (Phi) is 1.93. The van der Waals surface area contributed by atoms with Gasteiger partial charge in [0.25, 0.3) is 0 Å². The molecule has 0 fully saturated rings. The van der Waals surface area contributed by atoms with Gasteiger partial charge in [-0.2, -0.15) is 0 Å². The van der Waals surface area contributed by atoms with E-state index in [-0.39, 0.29) is 5.54 Å². The van der Waals surface area contributed by atoms with Gasteiger partial charge in [-0.3, -0.25) is 4.99 Å². The SMILES string of the molecule is CC1(C)C=Nc2ccccc2CN1. The van der Waals surface area contributed by atoms with Crippen LogP contribution in [0.25, 0.3) is 0 Å². The second kappa shape index (κ2) is 2.96. The van der Waals surface area contributed by atoms with Crippen LogP contribution in [0.3, 0.4) is 0 Å². The van der Waals surface area contributed by atoms with Crippen LogP contribution in [-0.2, 0) is 6.54 Å². The molecule has 0 unspecified atom stereocenters. The number of nitrogens with zero attached hydrogens (tertiary/aromatic N) is 1. The monoisotopic (exact) mass is 174 g/mol. The zero-order valence-electron chi connectivity index (χ0n) is 8.04. The Morgan fingerprint density at radius 3 is 2.92 bits per heavy atom. The summed E-state index contributed by atoms with van der Waals surface area (Å²) in [5.74, 6) is 0. The number of benzene rings is 1. The van der Waals surface area contributed by atoms with Crippen molar-refractivity contribution >= 4 is 11.9 Å². The summed E-state index contributed by atoms with van der Waals surface area (Å²) < 4.78 is 0. The molecule has 0 saturated heterocycles. The fourth-order valence-corrected chi connectivity index (χ4v) is 1.39. The van der Waals surface area contributed by atoms with Gasteiger partial charge in [-0.05, 0) is 25.5 Å². The number of para-hydroxylation sites is 1. The molecular weight excluding hydrogens is 160 g/mol. The van der Waals surface area contributed by atoms with Crippen molar-refractivity contribution in [2.45, 2.75) is 25.9 Å². The van der Waals surface area contributed by atoms with E-state index in [4.69, 9.17) is 0 Å². The predicted octanol–water partition coefficient (Wildman–Crippen LogP) is 2.27. The molecule has 1 N–H and O–H groups in total. The summed E-state index contributed by atoms with van der Waals surface area (Å²) in [5.41, 5.74) is 2.35. The summed E-state index contributed by atoms with van der Waals surface area (Å²) in [6.45, 7) is 5.15. The van der Waals surface area contributed by atoms with Crippen molar-refractivity contribution in [3.63, 3.8) is 0 Å². The van der Waals surface area contributed by atoms with Crippen LogP contribution < -0.4 is 5.32 Å². The summed E-state index contributed by atoms with van der Waals surface area (Å²) >= 11 is 0. The van der Waals surface area contributed by atoms with Gasteiger partial charge in [0.2, 0.25) is 0 Å². The Labute approximate surface area is 78.7 Å². The van der Waals surface area contributed by atoms with E-state index in [1.54, 1.807) is 0 Å². The van der Waals surface area contributed by atoms with E-state index in [1.165, 1.54) is 5.56 Å². The van der Waals surface area contributed by atoms with Gasteiger partial charge in [0.1, 0.15) is 0 Å². The van der Waals surface area contributed by atoms with Crippen molar-refractivity contribution in [1.29, 1.82) is 0 Å². The number of fused-ring (bicyclic) bond motifs is 1. The molecule has 1 aromatic carbocycles. The normalized spacial score (nSPS) is 19.2. The molecule has 1 aliphatic heterocycles. The Bertz CT molecular complexity index is 340. The average molecular weight is 174 g/mol. The van der Waals surface area contributed by atoms with Crippen LogP contribution in [0, 0.1) is 0 Å². The Morgan fingerprint density at radius 1 is 1.31 bits per heavy atom. The molecular formula is C11H14N2. The number of nitrogens with one attached hydrogen (secondary N) is 1. The second-order valence-electron chi connectivity index (χ2n) is 3.96. The highest BCUT2D eigenvalue weighted by molar-refractivity contribution is 5.74. The largest absolute Gasteiger partial charge is 0.303 e. The molecule has 1 aliphatic rings. The third-order valence-corrected chi connectivity index (χ3v) is 2.25. The zero-order valence-corrected chi connectivity index (χ0v) is 8.04. The van der Waals surface area contributed by atoms with E-state index >= 15 is 0 Å². The number of hydrogen-bond acceptors (Lipinski definition) is 2. The third kappa shape index (κ3) is 1.78. The lowest BCUT2D eigenvalue weighted by molar-refractivity contribution is 0.518. The molecule has 1 aromatic rings. The first kappa shape index (κ1) is 8.45. The van der Waals surface area contributed by atoms with Crippen LogP contribution in [-0.4, -0.2) is 11.8 Å². The van der Waals surface area contributed by atoms with Gasteiger partial charge in [0.15, 0.2) is 0 Å². The molecule has 0 aliphatic carbocycles. The van der Waals surface area contributed by atoms with Gasteiger partial charge in [0.05, 0.1) is 5.69 Å². The van der Waals surface area contributed by atoms with Crippen molar-refractivity contribution < 1.29 is 0 Å². The molecule has 1 heterocycles. The van der Waals surface area contributed by atoms with E-state index in [1.807, 2.05) is 18.3 Å². The van der Waals surface area contributed by atoms with Crippen LogP contribution in [0.5, 0.6) is 0 Å². The lowest BCUT2D eigenvalue weighted by Gasteiger charge is -2.18. The fraction of sp³-hybridized carbons (Fsp3) is 0.364. The minimum Gasteiger partial charge on any atom is -0.303 e. The lowest BCUT2D eigenvalue weighted by Crippen LogP contribution is -2.39. The van der Waals surface area contributed by atoms with Crippen molar-refractivity contribution in [3.05, 3.63) is 29.8 Å². The first-order valence-electron chi connectivity index (χ1n) is 4.55.